The first-order valence-corrected chi connectivity index (χ1v) is 4.32. The van der Waals surface area contributed by atoms with Crippen molar-refractivity contribution in [3.63, 3.8) is 0 Å². The SMILES string of the molecule is CCC(C)C(C)CC(=O)NC. The summed E-state index contributed by atoms with van der Waals surface area (Å²) in [5.74, 6) is 1.30. The van der Waals surface area contributed by atoms with Crippen LogP contribution in [0.5, 0.6) is 0 Å². The Morgan fingerprint density at radius 2 is 1.91 bits per heavy atom. The van der Waals surface area contributed by atoms with Gasteiger partial charge in [-0.3, -0.25) is 4.79 Å². The van der Waals surface area contributed by atoms with Gasteiger partial charge >= 0.3 is 0 Å². The molecule has 0 bridgehead atoms. The van der Waals surface area contributed by atoms with Crippen molar-refractivity contribution >= 4 is 5.91 Å². The lowest BCUT2D eigenvalue weighted by molar-refractivity contribution is -0.121. The molecule has 0 heterocycles. The van der Waals surface area contributed by atoms with Crippen LogP contribution in [0.4, 0.5) is 0 Å². The Morgan fingerprint density at radius 1 is 1.36 bits per heavy atom. The molecule has 0 fully saturated rings. The van der Waals surface area contributed by atoms with Crippen molar-refractivity contribution in [2.45, 2.75) is 33.6 Å². The normalized spacial score (nSPS) is 15.6. The number of nitrogens with one attached hydrogen (secondary N) is 1. The average molecular weight is 157 g/mol. The van der Waals surface area contributed by atoms with Crippen LogP contribution < -0.4 is 5.32 Å². The van der Waals surface area contributed by atoms with Crippen LogP contribution >= 0.6 is 0 Å². The molecule has 0 saturated heterocycles. The quantitative estimate of drug-likeness (QED) is 0.662. The summed E-state index contributed by atoms with van der Waals surface area (Å²) in [6.45, 7) is 6.47. The maximum absolute atomic E-state index is 10.9. The summed E-state index contributed by atoms with van der Waals surface area (Å²) in [5, 5.41) is 2.64. The minimum Gasteiger partial charge on any atom is -0.359 e. The van der Waals surface area contributed by atoms with Gasteiger partial charge in [-0.05, 0) is 11.8 Å². The van der Waals surface area contributed by atoms with E-state index in [1.165, 1.54) is 0 Å². The number of rotatable bonds is 4. The van der Waals surface area contributed by atoms with E-state index in [-0.39, 0.29) is 5.91 Å². The van der Waals surface area contributed by atoms with Crippen molar-refractivity contribution in [2.75, 3.05) is 7.05 Å². The van der Waals surface area contributed by atoms with E-state index in [2.05, 4.69) is 26.1 Å². The fourth-order valence-electron chi connectivity index (χ4n) is 0.998. The second-order valence-corrected chi connectivity index (χ2v) is 3.24. The Kier molecular flexibility index (Phi) is 4.92. The molecular formula is C9H19NO. The molecule has 1 amide bonds. The van der Waals surface area contributed by atoms with Gasteiger partial charge in [-0.2, -0.15) is 0 Å². The highest BCUT2D eigenvalue weighted by molar-refractivity contribution is 5.75. The van der Waals surface area contributed by atoms with Crippen molar-refractivity contribution in [2.24, 2.45) is 11.8 Å². The zero-order valence-electron chi connectivity index (χ0n) is 7.98. The van der Waals surface area contributed by atoms with Gasteiger partial charge in [0.05, 0.1) is 0 Å². The third-order valence-electron chi connectivity index (χ3n) is 2.40. The smallest absolute Gasteiger partial charge is 0.220 e. The molecule has 0 aromatic carbocycles. The van der Waals surface area contributed by atoms with E-state index in [9.17, 15) is 4.79 Å². The van der Waals surface area contributed by atoms with Crippen LogP contribution in [-0.4, -0.2) is 13.0 Å². The lowest BCUT2D eigenvalue weighted by Crippen LogP contribution is -2.22. The molecule has 2 heteroatoms. The van der Waals surface area contributed by atoms with Gasteiger partial charge in [0, 0.05) is 13.5 Å². The number of amides is 1. The summed E-state index contributed by atoms with van der Waals surface area (Å²) in [4.78, 5) is 10.9. The molecule has 2 nitrogen and oxygen atoms in total. The number of hydrogen-bond donors (Lipinski definition) is 1. The molecule has 0 aliphatic heterocycles. The molecular weight excluding hydrogens is 138 g/mol. The molecule has 0 radical (unpaired) electrons. The fraction of sp³-hybridized carbons (Fsp3) is 0.889. The van der Waals surface area contributed by atoms with Crippen molar-refractivity contribution in [1.82, 2.24) is 5.32 Å². The van der Waals surface area contributed by atoms with Gasteiger partial charge in [-0.15, -0.1) is 0 Å². The van der Waals surface area contributed by atoms with E-state index < -0.39 is 0 Å². The average Bonchev–Trinajstić information content (AvgIpc) is 2.02. The molecule has 2 atom stereocenters. The highest BCUT2D eigenvalue weighted by Gasteiger charge is 2.12. The number of hydrogen-bond acceptors (Lipinski definition) is 1. The molecule has 0 aromatic heterocycles. The lowest BCUT2D eigenvalue weighted by Gasteiger charge is -2.16. The molecule has 0 aromatic rings. The molecule has 0 saturated carbocycles. The minimum absolute atomic E-state index is 0.151. The monoisotopic (exact) mass is 157 g/mol. The van der Waals surface area contributed by atoms with E-state index in [0.717, 1.165) is 6.42 Å². The molecule has 0 rings (SSSR count). The van der Waals surface area contributed by atoms with Crippen molar-refractivity contribution < 1.29 is 4.79 Å². The first-order valence-electron chi connectivity index (χ1n) is 4.32. The molecule has 0 aliphatic rings. The largest absolute Gasteiger partial charge is 0.359 e. The summed E-state index contributed by atoms with van der Waals surface area (Å²) in [6, 6.07) is 0. The molecule has 11 heavy (non-hydrogen) atoms. The highest BCUT2D eigenvalue weighted by Crippen LogP contribution is 2.17. The first-order chi connectivity index (χ1) is 5.11. The highest BCUT2D eigenvalue weighted by atomic mass is 16.1. The van der Waals surface area contributed by atoms with Crippen LogP contribution in [0, 0.1) is 11.8 Å². The second-order valence-electron chi connectivity index (χ2n) is 3.24. The van der Waals surface area contributed by atoms with Crippen LogP contribution in [0.25, 0.3) is 0 Å². The van der Waals surface area contributed by atoms with E-state index in [1.54, 1.807) is 7.05 Å². The van der Waals surface area contributed by atoms with Gasteiger partial charge < -0.3 is 5.32 Å². The van der Waals surface area contributed by atoms with Crippen LogP contribution in [0.2, 0.25) is 0 Å². The summed E-state index contributed by atoms with van der Waals surface area (Å²) in [7, 11) is 1.69. The van der Waals surface area contributed by atoms with Crippen molar-refractivity contribution in [3.8, 4) is 0 Å². The summed E-state index contributed by atoms with van der Waals surface area (Å²) in [5.41, 5.74) is 0. The van der Waals surface area contributed by atoms with Crippen LogP contribution in [0.15, 0.2) is 0 Å². The topological polar surface area (TPSA) is 29.1 Å². The van der Waals surface area contributed by atoms with E-state index in [0.29, 0.717) is 18.3 Å². The van der Waals surface area contributed by atoms with Crippen LogP contribution in [-0.2, 0) is 4.79 Å². The maximum atomic E-state index is 10.9. The predicted octanol–water partition coefficient (Wildman–Crippen LogP) is 1.80. The number of carbonyl (C=O) groups is 1. The lowest BCUT2D eigenvalue weighted by atomic mass is 9.91. The minimum atomic E-state index is 0.151. The van der Waals surface area contributed by atoms with Crippen LogP contribution in [0.3, 0.4) is 0 Å². The Morgan fingerprint density at radius 3 is 2.27 bits per heavy atom. The second kappa shape index (κ2) is 5.16. The standard InChI is InChI=1S/C9H19NO/c1-5-7(2)8(3)6-9(11)10-4/h7-8H,5-6H2,1-4H3,(H,10,11). The van der Waals surface area contributed by atoms with Gasteiger partial charge in [-0.25, -0.2) is 0 Å². The van der Waals surface area contributed by atoms with E-state index >= 15 is 0 Å². The molecule has 1 N–H and O–H groups in total. The first kappa shape index (κ1) is 10.5. The Labute approximate surface area is 69.4 Å². The molecule has 0 spiro atoms. The Bertz CT molecular complexity index is 123. The summed E-state index contributed by atoms with van der Waals surface area (Å²) < 4.78 is 0. The summed E-state index contributed by atoms with van der Waals surface area (Å²) >= 11 is 0. The van der Waals surface area contributed by atoms with E-state index in [1.807, 2.05) is 0 Å². The van der Waals surface area contributed by atoms with E-state index in [4.69, 9.17) is 0 Å². The predicted molar refractivity (Wildman–Crippen MR) is 47.3 cm³/mol. The zero-order valence-corrected chi connectivity index (χ0v) is 7.98. The van der Waals surface area contributed by atoms with Gasteiger partial charge in [0.2, 0.25) is 5.91 Å². The maximum Gasteiger partial charge on any atom is 0.220 e. The van der Waals surface area contributed by atoms with Gasteiger partial charge in [-0.1, -0.05) is 27.2 Å². The zero-order chi connectivity index (χ0) is 8.85. The Balaban J connectivity index is 3.67. The fourth-order valence-corrected chi connectivity index (χ4v) is 0.998. The number of carbonyl (C=O) groups excluding carboxylic acids is 1. The Hall–Kier alpha value is -0.530. The molecule has 66 valence electrons. The van der Waals surface area contributed by atoms with Gasteiger partial charge in [0.1, 0.15) is 0 Å². The van der Waals surface area contributed by atoms with Crippen molar-refractivity contribution in [3.05, 3.63) is 0 Å². The third kappa shape index (κ3) is 4.02. The van der Waals surface area contributed by atoms with Gasteiger partial charge in [0.25, 0.3) is 0 Å². The van der Waals surface area contributed by atoms with Crippen molar-refractivity contribution in [1.29, 1.82) is 0 Å². The summed E-state index contributed by atoms with van der Waals surface area (Å²) in [6.07, 6.45) is 1.81. The van der Waals surface area contributed by atoms with Gasteiger partial charge in [0.15, 0.2) is 0 Å². The third-order valence-corrected chi connectivity index (χ3v) is 2.40. The molecule has 2 unspecified atom stereocenters. The van der Waals surface area contributed by atoms with Crippen LogP contribution in [0.1, 0.15) is 33.6 Å². The molecule has 0 aliphatic carbocycles.